The van der Waals surface area contributed by atoms with Gasteiger partial charge in [0.25, 0.3) is 0 Å². The lowest BCUT2D eigenvalue weighted by atomic mass is 10.0. The van der Waals surface area contributed by atoms with Crippen LogP contribution in [-0.2, 0) is 0 Å². The van der Waals surface area contributed by atoms with Gasteiger partial charge in [-0.05, 0) is 38.0 Å². The van der Waals surface area contributed by atoms with Crippen molar-refractivity contribution in [2.75, 3.05) is 6.54 Å². The summed E-state index contributed by atoms with van der Waals surface area (Å²) in [7, 11) is 0. The maximum absolute atomic E-state index is 9.75. The Morgan fingerprint density at radius 2 is 1.94 bits per heavy atom. The van der Waals surface area contributed by atoms with Crippen LogP contribution >= 0.6 is 0 Å². The summed E-state index contributed by atoms with van der Waals surface area (Å²) in [5, 5.41) is 9.75. The molecule has 1 N–H and O–H groups in total. The lowest BCUT2D eigenvalue weighted by molar-refractivity contribution is 0.473. The fourth-order valence-corrected chi connectivity index (χ4v) is 1.44. The standard InChI is InChI=1S/C15H19NO/c1-11(2)9-16-10-12(3)13(4)14-7-5-6-8-15(14)17/h5-8,10,17H,1,9H2,2-4H3/b13-12+,16-10-. The molecule has 0 aromatic heterocycles. The van der Waals surface area contributed by atoms with Gasteiger partial charge in [0.15, 0.2) is 0 Å². The molecule has 1 aromatic rings. The molecule has 1 aromatic carbocycles. The number of phenolic OH excluding ortho intramolecular Hbond substituents is 1. The number of phenols is 1. The van der Waals surface area contributed by atoms with E-state index in [1.807, 2.05) is 45.2 Å². The van der Waals surface area contributed by atoms with Gasteiger partial charge >= 0.3 is 0 Å². The number of hydrogen-bond donors (Lipinski definition) is 1. The highest BCUT2D eigenvalue weighted by molar-refractivity contribution is 5.90. The van der Waals surface area contributed by atoms with Crippen LogP contribution in [0, 0.1) is 0 Å². The summed E-state index contributed by atoms with van der Waals surface area (Å²) in [4.78, 5) is 4.28. The van der Waals surface area contributed by atoms with Crippen molar-refractivity contribution < 1.29 is 5.11 Å². The minimum absolute atomic E-state index is 0.303. The zero-order valence-corrected chi connectivity index (χ0v) is 10.7. The van der Waals surface area contributed by atoms with Crippen molar-refractivity contribution in [2.45, 2.75) is 20.8 Å². The van der Waals surface area contributed by atoms with Crippen molar-refractivity contribution in [3.63, 3.8) is 0 Å². The van der Waals surface area contributed by atoms with Gasteiger partial charge in [-0.3, -0.25) is 4.99 Å². The van der Waals surface area contributed by atoms with Crippen LogP contribution in [0.15, 0.2) is 47.0 Å². The minimum atomic E-state index is 0.303. The van der Waals surface area contributed by atoms with Crippen molar-refractivity contribution in [2.24, 2.45) is 4.99 Å². The highest BCUT2D eigenvalue weighted by atomic mass is 16.3. The second kappa shape index (κ2) is 6.04. The van der Waals surface area contributed by atoms with Gasteiger partial charge in [-0.1, -0.05) is 30.4 Å². The number of para-hydroxylation sites is 1. The monoisotopic (exact) mass is 229 g/mol. The number of allylic oxidation sites excluding steroid dienone is 2. The predicted octanol–water partition coefficient (Wildman–Crippen LogP) is 3.83. The molecule has 0 aliphatic heterocycles. The molecule has 0 unspecified atom stereocenters. The van der Waals surface area contributed by atoms with Crippen molar-refractivity contribution in [3.05, 3.63) is 47.6 Å². The highest BCUT2D eigenvalue weighted by Gasteiger charge is 2.03. The molecule has 0 heterocycles. The van der Waals surface area contributed by atoms with Gasteiger partial charge in [0, 0.05) is 11.8 Å². The molecule has 0 radical (unpaired) electrons. The van der Waals surface area contributed by atoms with E-state index in [0.717, 1.165) is 22.3 Å². The first-order valence-corrected chi connectivity index (χ1v) is 5.62. The Morgan fingerprint density at radius 3 is 2.53 bits per heavy atom. The second-order valence-electron chi connectivity index (χ2n) is 4.25. The quantitative estimate of drug-likeness (QED) is 0.617. The van der Waals surface area contributed by atoms with Crippen LogP contribution in [-0.4, -0.2) is 17.9 Å². The van der Waals surface area contributed by atoms with E-state index in [1.165, 1.54) is 0 Å². The van der Waals surface area contributed by atoms with Gasteiger partial charge < -0.3 is 5.11 Å². The number of aromatic hydroxyl groups is 1. The molecule has 17 heavy (non-hydrogen) atoms. The Balaban J connectivity index is 2.94. The number of hydrogen-bond acceptors (Lipinski definition) is 2. The van der Waals surface area contributed by atoms with Crippen LogP contribution in [0.3, 0.4) is 0 Å². The molecule has 0 amide bonds. The van der Waals surface area contributed by atoms with Gasteiger partial charge in [0.05, 0.1) is 6.54 Å². The number of benzene rings is 1. The average molecular weight is 229 g/mol. The van der Waals surface area contributed by atoms with Crippen molar-refractivity contribution in [1.82, 2.24) is 0 Å². The van der Waals surface area contributed by atoms with Gasteiger partial charge in [0.1, 0.15) is 5.75 Å². The van der Waals surface area contributed by atoms with Gasteiger partial charge in [-0.2, -0.15) is 0 Å². The normalized spacial score (nSPS) is 12.6. The molecule has 1 rings (SSSR count). The molecule has 0 saturated carbocycles. The first-order chi connectivity index (χ1) is 8.02. The fraction of sp³-hybridized carbons (Fsp3) is 0.267. The van der Waals surface area contributed by atoms with Crippen LogP contribution in [0.4, 0.5) is 0 Å². The van der Waals surface area contributed by atoms with Crippen molar-refractivity contribution in [3.8, 4) is 5.75 Å². The lowest BCUT2D eigenvalue weighted by Crippen LogP contribution is -1.89. The summed E-state index contributed by atoms with van der Waals surface area (Å²) in [6.07, 6.45) is 1.83. The summed E-state index contributed by atoms with van der Waals surface area (Å²) < 4.78 is 0. The molecule has 0 aliphatic rings. The first-order valence-electron chi connectivity index (χ1n) is 5.62. The van der Waals surface area contributed by atoms with E-state index < -0.39 is 0 Å². The molecule has 0 fully saturated rings. The first kappa shape index (κ1) is 13.2. The predicted molar refractivity (Wildman–Crippen MR) is 74.5 cm³/mol. The van der Waals surface area contributed by atoms with Gasteiger partial charge in [-0.25, -0.2) is 0 Å². The van der Waals surface area contributed by atoms with Gasteiger partial charge in [-0.15, -0.1) is 0 Å². The van der Waals surface area contributed by atoms with Crippen molar-refractivity contribution in [1.29, 1.82) is 0 Å². The summed E-state index contributed by atoms with van der Waals surface area (Å²) in [6, 6.07) is 7.32. The molecule has 0 saturated heterocycles. The molecule has 2 nitrogen and oxygen atoms in total. The number of aliphatic imine (C=N–C) groups is 1. The summed E-state index contributed by atoms with van der Waals surface area (Å²) >= 11 is 0. The molecule has 2 heteroatoms. The second-order valence-corrected chi connectivity index (χ2v) is 4.25. The number of nitrogens with zero attached hydrogens (tertiary/aromatic N) is 1. The number of rotatable bonds is 4. The van der Waals surface area contributed by atoms with E-state index in [0.29, 0.717) is 12.3 Å². The molecular formula is C15H19NO. The minimum Gasteiger partial charge on any atom is -0.507 e. The smallest absolute Gasteiger partial charge is 0.123 e. The summed E-state index contributed by atoms with van der Waals surface area (Å²) in [5.74, 6) is 0.303. The van der Waals surface area contributed by atoms with E-state index in [2.05, 4.69) is 11.6 Å². The average Bonchev–Trinajstić information content (AvgIpc) is 2.28. The maximum atomic E-state index is 9.75. The molecule has 0 bridgehead atoms. The van der Waals surface area contributed by atoms with Crippen molar-refractivity contribution >= 4 is 11.8 Å². The molecule has 90 valence electrons. The Bertz CT molecular complexity index is 470. The lowest BCUT2D eigenvalue weighted by Gasteiger charge is -2.06. The Kier molecular flexibility index (Phi) is 4.70. The SMILES string of the molecule is C=C(C)C/N=C\C(C)=C(/C)c1ccccc1O. The van der Waals surface area contributed by atoms with E-state index in [9.17, 15) is 5.11 Å². The van der Waals surface area contributed by atoms with E-state index >= 15 is 0 Å². The molecular weight excluding hydrogens is 210 g/mol. The van der Waals surface area contributed by atoms with Crippen LogP contribution in [0.2, 0.25) is 0 Å². The van der Waals surface area contributed by atoms with E-state index in [4.69, 9.17) is 0 Å². The van der Waals surface area contributed by atoms with Crippen LogP contribution < -0.4 is 0 Å². The Hall–Kier alpha value is -1.83. The fourth-order valence-electron chi connectivity index (χ4n) is 1.44. The third-order valence-corrected chi connectivity index (χ3v) is 2.55. The van der Waals surface area contributed by atoms with E-state index in [-0.39, 0.29) is 0 Å². The van der Waals surface area contributed by atoms with Gasteiger partial charge in [0.2, 0.25) is 0 Å². The Labute approximate surface area is 103 Å². The summed E-state index contributed by atoms with van der Waals surface area (Å²) in [6.45, 7) is 10.4. The zero-order chi connectivity index (χ0) is 12.8. The highest BCUT2D eigenvalue weighted by Crippen LogP contribution is 2.25. The molecule has 0 atom stereocenters. The van der Waals surface area contributed by atoms with Crippen LogP contribution in [0.5, 0.6) is 5.75 Å². The molecule has 0 aliphatic carbocycles. The topological polar surface area (TPSA) is 32.6 Å². The van der Waals surface area contributed by atoms with Crippen LogP contribution in [0.1, 0.15) is 26.3 Å². The largest absolute Gasteiger partial charge is 0.507 e. The third kappa shape index (κ3) is 3.91. The Morgan fingerprint density at radius 1 is 1.29 bits per heavy atom. The maximum Gasteiger partial charge on any atom is 0.123 e. The molecule has 0 spiro atoms. The zero-order valence-electron chi connectivity index (χ0n) is 10.7. The van der Waals surface area contributed by atoms with E-state index in [1.54, 1.807) is 6.07 Å². The third-order valence-electron chi connectivity index (χ3n) is 2.55. The summed E-state index contributed by atoms with van der Waals surface area (Å²) in [5.41, 5.74) is 3.97. The van der Waals surface area contributed by atoms with Crippen LogP contribution in [0.25, 0.3) is 5.57 Å².